The SMILES string of the molecule is Cc1ccc(OCC(=O)O[C@@H](C)C(=O)NC23CC4CC(CC(C4)C2)C3)c(C)c1. The maximum Gasteiger partial charge on any atom is 0.344 e. The molecule has 1 aromatic carbocycles. The highest BCUT2D eigenvalue weighted by molar-refractivity contribution is 5.84. The molecule has 0 radical (unpaired) electrons. The van der Waals surface area contributed by atoms with Crippen molar-refractivity contribution >= 4 is 11.9 Å². The van der Waals surface area contributed by atoms with Crippen molar-refractivity contribution in [3.8, 4) is 5.75 Å². The van der Waals surface area contributed by atoms with E-state index >= 15 is 0 Å². The summed E-state index contributed by atoms with van der Waals surface area (Å²) in [7, 11) is 0. The predicted octanol–water partition coefficient (Wildman–Crippen LogP) is 3.70. The van der Waals surface area contributed by atoms with Crippen molar-refractivity contribution in [2.24, 2.45) is 17.8 Å². The van der Waals surface area contributed by atoms with E-state index in [1.165, 1.54) is 19.3 Å². The van der Waals surface area contributed by atoms with Crippen molar-refractivity contribution in [1.82, 2.24) is 5.32 Å². The first-order valence-corrected chi connectivity index (χ1v) is 10.5. The van der Waals surface area contributed by atoms with Crippen molar-refractivity contribution in [3.63, 3.8) is 0 Å². The summed E-state index contributed by atoms with van der Waals surface area (Å²) in [5.41, 5.74) is 2.05. The molecule has 0 saturated heterocycles. The van der Waals surface area contributed by atoms with Gasteiger partial charge in [0.25, 0.3) is 5.91 Å². The number of esters is 1. The number of carbonyl (C=O) groups is 2. The van der Waals surface area contributed by atoms with Crippen LogP contribution in [0.15, 0.2) is 18.2 Å². The van der Waals surface area contributed by atoms with E-state index in [4.69, 9.17) is 9.47 Å². The Morgan fingerprint density at radius 2 is 1.71 bits per heavy atom. The van der Waals surface area contributed by atoms with Gasteiger partial charge in [-0.2, -0.15) is 0 Å². The zero-order valence-electron chi connectivity index (χ0n) is 17.1. The van der Waals surface area contributed by atoms with Crippen LogP contribution in [0.2, 0.25) is 0 Å². The number of carbonyl (C=O) groups excluding carboxylic acids is 2. The molecule has 4 saturated carbocycles. The summed E-state index contributed by atoms with van der Waals surface area (Å²) < 4.78 is 10.9. The van der Waals surface area contributed by atoms with E-state index in [0.29, 0.717) is 5.75 Å². The fourth-order valence-corrected chi connectivity index (χ4v) is 6.01. The lowest BCUT2D eigenvalue weighted by molar-refractivity contribution is -0.158. The second-order valence-corrected chi connectivity index (χ2v) is 9.38. The molecule has 1 aromatic rings. The van der Waals surface area contributed by atoms with Crippen LogP contribution < -0.4 is 10.1 Å². The lowest BCUT2D eigenvalue weighted by atomic mass is 9.53. The van der Waals surface area contributed by atoms with Crippen LogP contribution >= 0.6 is 0 Å². The van der Waals surface area contributed by atoms with Crippen LogP contribution in [0.3, 0.4) is 0 Å². The first-order chi connectivity index (χ1) is 13.3. The van der Waals surface area contributed by atoms with Crippen LogP contribution in [-0.2, 0) is 14.3 Å². The second kappa shape index (κ2) is 7.41. The summed E-state index contributed by atoms with van der Waals surface area (Å²) in [6.45, 7) is 5.40. The molecule has 28 heavy (non-hydrogen) atoms. The third-order valence-electron chi connectivity index (χ3n) is 6.78. The standard InChI is InChI=1S/C23H31NO4/c1-14-4-5-20(15(2)6-14)27-13-21(25)28-16(3)22(26)24-23-10-17-7-18(11-23)9-19(8-17)12-23/h4-6,16-19H,7-13H2,1-3H3,(H,24,26)/t16-,17?,18?,19?,23?/m0/s1. The monoisotopic (exact) mass is 385 g/mol. The van der Waals surface area contributed by atoms with E-state index in [-0.39, 0.29) is 18.1 Å². The molecule has 4 fully saturated rings. The maximum absolute atomic E-state index is 12.7. The molecule has 1 atom stereocenters. The van der Waals surface area contributed by atoms with Crippen molar-refractivity contribution in [2.75, 3.05) is 6.61 Å². The molecule has 0 heterocycles. The first kappa shape index (κ1) is 19.3. The fourth-order valence-electron chi connectivity index (χ4n) is 6.01. The highest BCUT2D eigenvalue weighted by atomic mass is 16.6. The van der Waals surface area contributed by atoms with Gasteiger partial charge in [0.1, 0.15) is 5.75 Å². The van der Waals surface area contributed by atoms with Crippen LogP contribution in [-0.4, -0.2) is 30.1 Å². The fraction of sp³-hybridized carbons (Fsp3) is 0.652. The molecular weight excluding hydrogens is 354 g/mol. The van der Waals surface area contributed by atoms with Gasteiger partial charge in [0.05, 0.1) is 0 Å². The Bertz CT molecular complexity index is 737. The Balaban J connectivity index is 1.28. The molecule has 152 valence electrons. The normalized spacial score (nSPS) is 31.3. The maximum atomic E-state index is 12.7. The van der Waals surface area contributed by atoms with Gasteiger partial charge in [0, 0.05) is 5.54 Å². The van der Waals surface area contributed by atoms with E-state index in [2.05, 4.69) is 5.32 Å². The quantitative estimate of drug-likeness (QED) is 0.759. The molecule has 4 bridgehead atoms. The van der Waals surface area contributed by atoms with Crippen LogP contribution in [0.1, 0.15) is 56.6 Å². The van der Waals surface area contributed by atoms with Gasteiger partial charge in [-0.3, -0.25) is 4.79 Å². The molecule has 4 aliphatic carbocycles. The number of hydrogen-bond acceptors (Lipinski definition) is 4. The van der Waals surface area contributed by atoms with E-state index in [1.807, 2.05) is 32.0 Å². The number of benzene rings is 1. The number of aryl methyl sites for hydroxylation is 2. The zero-order valence-corrected chi connectivity index (χ0v) is 17.1. The van der Waals surface area contributed by atoms with Crippen LogP contribution in [0.5, 0.6) is 5.75 Å². The average Bonchev–Trinajstić information content (AvgIpc) is 2.59. The summed E-state index contributed by atoms with van der Waals surface area (Å²) in [5.74, 6) is 2.24. The summed E-state index contributed by atoms with van der Waals surface area (Å²) >= 11 is 0. The summed E-state index contributed by atoms with van der Waals surface area (Å²) in [6, 6.07) is 5.79. The van der Waals surface area contributed by atoms with Crippen LogP contribution in [0.4, 0.5) is 0 Å². The number of ether oxygens (including phenoxy) is 2. The van der Waals surface area contributed by atoms with E-state index in [1.54, 1.807) is 6.92 Å². The molecule has 1 amide bonds. The third kappa shape index (κ3) is 4.03. The van der Waals surface area contributed by atoms with Crippen molar-refractivity contribution in [1.29, 1.82) is 0 Å². The Morgan fingerprint density at radius 3 is 2.29 bits per heavy atom. The molecule has 0 aliphatic heterocycles. The predicted molar refractivity (Wildman–Crippen MR) is 106 cm³/mol. The third-order valence-corrected chi connectivity index (χ3v) is 6.78. The van der Waals surface area contributed by atoms with Gasteiger partial charge in [-0.1, -0.05) is 17.7 Å². The molecule has 0 unspecified atom stereocenters. The van der Waals surface area contributed by atoms with Crippen molar-refractivity contribution in [2.45, 2.75) is 70.9 Å². The van der Waals surface area contributed by atoms with Gasteiger partial charge in [-0.05, 0) is 88.7 Å². The smallest absolute Gasteiger partial charge is 0.344 e. The Kier molecular flexibility index (Phi) is 5.11. The average molecular weight is 386 g/mol. The molecule has 0 aromatic heterocycles. The van der Waals surface area contributed by atoms with E-state index in [9.17, 15) is 9.59 Å². The second-order valence-electron chi connectivity index (χ2n) is 9.38. The van der Waals surface area contributed by atoms with Crippen LogP contribution in [0.25, 0.3) is 0 Å². The topological polar surface area (TPSA) is 64.6 Å². The Labute approximate surface area is 167 Å². The highest BCUT2D eigenvalue weighted by Gasteiger charge is 2.51. The number of hydrogen-bond donors (Lipinski definition) is 1. The minimum Gasteiger partial charge on any atom is -0.482 e. The van der Waals surface area contributed by atoms with Crippen LogP contribution in [0, 0.1) is 31.6 Å². The van der Waals surface area contributed by atoms with Gasteiger partial charge in [0.2, 0.25) is 0 Å². The molecule has 5 heteroatoms. The zero-order chi connectivity index (χ0) is 19.9. The van der Waals surface area contributed by atoms with E-state index in [0.717, 1.165) is 48.1 Å². The number of nitrogens with one attached hydrogen (secondary N) is 1. The first-order valence-electron chi connectivity index (χ1n) is 10.5. The molecule has 0 spiro atoms. The highest BCUT2D eigenvalue weighted by Crippen LogP contribution is 2.55. The Morgan fingerprint density at radius 1 is 1.11 bits per heavy atom. The molecule has 1 N–H and O–H groups in total. The van der Waals surface area contributed by atoms with Gasteiger partial charge in [0.15, 0.2) is 12.7 Å². The number of amides is 1. The molecule has 4 aliphatic rings. The molecule has 5 nitrogen and oxygen atoms in total. The van der Waals surface area contributed by atoms with Gasteiger partial charge >= 0.3 is 5.97 Å². The summed E-state index contributed by atoms with van der Waals surface area (Å²) in [4.78, 5) is 24.8. The summed E-state index contributed by atoms with van der Waals surface area (Å²) in [6.07, 6.45) is 6.44. The van der Waals surface area contributed by atoms with Gasteiger partial charge in [-0.15, -0.1) is 0 Å². The lowest BCUT2D eigenvalue weighted by Crippen LogP contribution is -2.61. The molecular formula is C23H31NO4. The minimum absolute atomic E-state index is 0.0674. The van der Waals surface area contributed by atoms with E-state index < -0.39 is 12.1 Å². The van der Waals surface area contributed by atoms with Gasteiger partial charge < -0.3 is 14.8 Å². The van der Waals surface area contributed by atoms with Crippen molar-refractivity contribution < 1.29 is 19.1 Å². The molecule has 5 rings (SSSR count). The largest absolute Gasteiger partial charge is 0.482 e. The lowest BCUT2D eigenvalue weighted by Gasteiger charge is -2.57. The van der Waals surface area contributed by atoms with Gasteiger partial charge in [-0.25, -0.2) is 4.79 Å². The Hall–Kier alpha value is -2.04. The van der Waals surface area contributed by atoms with Crippen molar-refractivity contribution in [3.05, 3.63) is 29.3 Å². The summed E-state index contributed by atoms with van der Waals surface area (Å²) in [5, 5.41) is 3.26. The number of rotatable bonds is 6. The minimum atomic E-state index is -0.803.